The molecule has 7 nitrogen and oxygen atoms in total. The molecule has 0 aliphatic carbocycles. The van der Waals surface area contributed by atoms with Crippen LogP contribution in [0, 0.1) is 0 Å². The number of amides is 2. The minimum absolute atomic E-state index is 0.161. The average molecular weight is 374 g/mol. The fourth-order valence-electron chi connectivity index (χ4n) is 2.84. The molecular weight excluding hydrogens is 352 g/mol. The maximum Gasteiger partial charge on any atom is 0.317 e. The van der Waals surface area contributed by atoms with Crippen LogP contribution in [-0.2, 0) is 16.4 Å². The Morgan fingerprint density at radius 1 is 1.04 bits per heavy atom. The Hall–Kier alpha value is -2.45. The number of sulfonamides is 1. The summed E-state index contributed by atoms with van der Waals surface area (Å²) >= 11 is 0. The van der Waals surface area contributed by atoms with Gasteiger partial charge in [-0.25, -0.2) is 13.2 Å². The Kier molecular flexibility index (Phi) is 5.85. The van der Waals surface area contributed by atoms with Crippen molar-refractivity contribution >= 4 is 16.1 Å². The number of hydrogen-bond donors (Lipinski definition) is 1. The predicted octanol–water partition coefficient (Wildman–Crippen LogP) is 1.34. The zero-order valence-electron chi connectivity index (χ0n) is 14.4. The topological polar surface area (TPSA) is 82.6 Å². The summed E-state index contributed by atoms with van der Waals surface area (Å²) in [4.78, 5) is 18.2. The van der Waals surface area contributed by atoms with Crippen LogP contribution < -0.4 is 5.32 Å². The molecule has 2 amide bonds. The Balaban J connectivity index is 1.48. The van der Waals surface area contributed by atoms with Crippen LogP contribution in [0.5, 0.6) is 0 Å². The molecule has 1 saturated heterocycles. The summed E-state index contributed by atoms with van der Waals surface area (Å²) < 4.78 is 26.6. The van der Waals surface area contributed by atoms with Gasteiger partial charge in [-0.05, 0) is 30.2 Å². The molecule has 0 unspecified atom stereocenters. The number of benzene rings is 1. The first-order chi connectivity index (χ1) is 12.6. The molecule has 1 N–H and O–H groups in total. The third-order valence-electron chi connectivity index (χ3n) is 4.32. The Morgan fingerprint density at radius 2 is 1.77 bits per heavy atom. The van der Waals surface area contributed by atoms with Crippen LogP contribution in [0.15, 0.2) is 59.8 Å². The van der Waals surface area contributed by atoms with Gasteiger partial charge in [-0.3, -0.25) is 4.98 Å². The number of nitrogens with zero attached hydrogens (tertiary/aromatic N) is 3. The van der Waals surface area contributed by atoms with Gasteiger partial charge in [0.1, 0.15) is 0 Å². The van der Waals surface area contributed by atoms with Crippen LogP contribution in [0.3, 0.4) is 0 Å². The summed E-state index contributed by atoms with van der Waals surface area (Å²) in [7, 11) is -3.50. The van der Waals surface area contributed by atoms with E-state index in [9.17, 15) is 13.2 Å². The van der Waals surface area contributed by atoms with E-state index in [4.69, 9.17) is 0 Å². The number of nitrogens with one attached hydrogen (secondary N) is 1. The van der Waals surface area contributed by atoms with E-state index >= 15 is 0 Å². The van der Waals surface area contributed by atoms with Gasteiger partial charge in [0.05, 0.1) is 4.90 Å². The molecule has 0 spiro atoms. The Morgan fingerprint density at radius 3 is 2.42 bits per heavy atom. The largest absolute Gasteiger partial charge is 0.338 e. The predicted molar refractivity (Wildman–Crippen MR) is 98.1 cm³/mol. The standard InChI is InChI=1S/C18H22N4O3S/c23-18(20-10-8-16-5-4-9-19-15-16)21-11-13-22(14-12-21)26(24,25)17-6-2-1-3-7-17/h1-7,9,15H,8,10-14H2,(H,20,23). The number of hydrogen-bond acceptors (Lipinski definition) is 4. The molecule has 1 aliphatic rings. The van der Waals surface area contributed by atoms with Crippen molar-refractivity contribution in [3.05, 3.63) is 60.4 Å². The lowest BCUT2D eigenvalue weighted by Crippen LogP contribution is -2.53. The molecule has 1 fully saturated rings. The van der Waals surface area contributed by atoms with Crippen LogP contribution in [0.1, 0.15) is 5.56 Å². The van der Waals surface area contributed by atoms with Gasteiger partial charge in [0, 0.05) is 45.1 Å². The molecular formula is C18H22N4O3S. The summed E-state index contributed by atoms with van der Waals surface area (Å²) in [6.45, 7) is 1.88. The first-order valence-electron chi connectivity index (χ1n) is 8.54. The van der Waals surface area contributed by atoms with Crippen molar-refractivity contribution < 1.29 is 13.2 Å². The highest BCUT2D eigenvalue weighted by Crippen LogP contribution is 2.17. The average Bonchev–Trinajstić information content (AvgIpc) is 2.69. The highest BCUT2D eigenvalue weighted by molar-refractivity contribution is 7.89. The van der Waals surface area contributed by atoms with Gasteiger partial charge in [-0.2, -0.15) is 4.31 Å². The quantitative estimate of drug-likeness (QED) is 0.856. The number of pyridine rings is 1. The smallest absolute Gasteiger partial charge is 0.317 e. The van der Waals surface area contributed by atoms with Gasteiger partial charge in [0.2, 0.25) is 10.0 Å². The van der Waals surface area contributed by atoms with Crippen molar-refractivity contribution in [2.45, 2.75) is 11.3 Å². The zero-order valence-corrected chi connectivity index (χ0v) is 15.2. The van der Waals surface area contributed by atoms with E-state index in [1.807, 2.05) is 12.1 Å². The summed E-state index contributed by atoms with van der Waals surface area (Å²) in [5.74, 6) is 0. The van der Waals surface area contributed by atoms with Crippen LogP contribution in [-0.4, -0.2) is 61.4 Å². The Bertz CT molecular complexity index is 820. The summed E-state index contributed by atoms with van der Waals surface area (Å²) in [6, 6.07) is 12.0. The molecule has 2 heterocycles. The minimum atomic E-state index is -3.50. The van der Waals surface area contributed by atoms with Crippen LogP contribution in [0.25, 0.3) is 0 Å². The molecule has 138 valence electrons. The molecule has 0 bridgehead atoms. The monoisotopic (exact) mass is 374 g/mol. The fourth-order valence-corrected chi connectivity index (χ4v) is 4.29. The summed E-state index contributed by atoms with van der Waals surface area (Å²) in [5, 5.41) is 2.88. The molecule has 1 aromatic carbocycles. The first-order valence-corrected chi connectivity index (χ1v) is 9.98. The van der Waals surface area contributed by atoms with E-state index in [1.54, 1.807) is 47.6 Å². The highest BCUT2D eigenvalue weighted by Gasteiger charge is 2.29. The maximum absolute atomic E-state index is 12.6. The lowest BCUT2D eigenvalue weighted by Gasteiger charge is -2.34. The van der Waals surface area contributed by atoms with Crippen molar-refractivity contribution in [3.63, 3.8) is 0 Å². The van der Waals surface area contributed by atoms with Crippen molar-refractivity contribution in [2.24, 2.45) is 0 Å². The van der Waals surface area contributed by atoms with Crippen molar-refractivity contribution in [1.82, 2.24) is 19.5 Å². The van der Waals surface area contributed by atoms with E-state index < -0.39 is 10.0 Å². The number of carbonyl (C=O) groups is 1. The lowest BCUT2D eigenvalue weighted by molar-refractivity contribution is 0.172. The van der Waals surface area contributed by atoms with Crippen molar-refractivity contribution in [3.8, 4) is 0 Å². The molecule has 0 saturated carbocycles. The fraction of sp³-hybridized carbons (Fsp3) is 0.333. The van der Waals surface area contributed by atoms with E-state index in [-0.39, 0.29) is 10.9 Å². The van der Waals surface area contributed by atoms with Gasteiger partial charge >= 0.3 is 6.03 Å². The summed E-state index contributed by atoms with van der Waals surface area (Å²) in [5.41, 5.74) is 1.06. The second-order valence-electron chi connectivity index (χ2n) is 6.05. The lowest BCUT2D eigenvalue weighted by atomic mass is 10.2. The van der Waals surface area contributed by atoms with Crippen LogP contribution in [0.4, 0.5) is 4.79 Å². The minimum Gasteiger partial charge on any atom is -0.338 e. The zero-order chi connectivity index (χ0) is 18.4. The molecule has 1 aromatic heterocycles. The van der Waals surface area contributed by atoms with E-state index in [0.717, 1.165) is 5.56 Å². The number of urea groups is 1. The van der Waals surface area contributed by atoms with E-state index in [1.165, 1.54) is 4.31 Å². The number of piperazine rings is 1. The normalized spacial score (nSPS) is 15.6. The SMILES string of the molecule is O=C(NCCc1cccnc1)N1CCN(S(=O)(=O)c2ccccc2)CC1. The second-order valence-corrected chi connectivity index (χ2v) is 7.99. The highest BCUT2D eigenvalue weighted by atomic mass is 32.2. The molecule has 1 aliphatic heterocycles. The van der Waals surface area contributed by atoms with Crippen LogP contribution >= 0.6 is 0 Å². The number of rotatable bonds is 5. The maximum atomic E-state index is 12.6. The second kappa shape index (κ2) is 8.29. The number of aromatic nitrogens is 1. The van der Waals surface area contributed by atoms with Gasteiger partial charge in [-0.1, -0.05) is 24.3 Å². The molecule has 2 aromatic rings. The summed E-state index contributed by atoms with van der Waals surface area (Å²) in [6.07, 6.45) is 4.20. The van der Waals surface area contributed by atoms with Gasteiger partial charge in [-0.15, -0.1) is 0 Å². The van der Waals surface area contributed by atoms with Gasteiger partial charge < -0.3 is 10.2 Å². The first kappa shape index (κ1) is 18.3. The molecule has 3 rings (SSSR count). The Labute approximate surface area is 153 Å². The third-order valence-corrected chi connectivity index (χ3v) is 6.23. The van der Waals surface area contributed by atoms with E-state index in [2.05, 4.69) is 10.3 Å². The molecule has 0 atom stereocenters. The molecule has 26 heavy (non-hydrogen) atoms. The van der Waals surface area contributed by atoms with Crippen molar-refractivity contribution in [1.29, 1.82) is 0 Å². The third kappa shape index (κ3) is 4.39. The molecule has 0 radical (unpaired) electrons. The van der Waals surface area contributed by atoms with Crippen molar-refractivity contribution in [2.75, 3.05) is 32.7 Å². The molecule has 8 heteroatoms. The van der Waals surface area contributed by atoms with Crippen LogP contribution in [0.2, 0.25) is 0 Å². The van der Waals surface area contributed by atoms with Gasteiger partial charge in [0.25, 0.3) is 0 Å². The van der Waals surface area contributed by atoms with Gasteiger partial charge in [0.15, 0.2) is 0 Å². The van der Waals surface area contributed by atoms with E-state index in [0.29, 0.717) is 39.1 Å². The number of carbonyl (C=O) groups excluding carboxylic acids is 1.